The Bertz CT molecular complexity index is 576. The van der Waals surface area contributed by atoms with Gasteiger partial charge < -0.3 is 4.74 Å². The van der Waals surface area contributed by atoms with Gasteiger partial charge in [-0.25, -0.2) is 0 Å². The molecule has 1 unspecified atom stereocenters. The summed E-state index contributed by atoms with van der Waals surface area (Å²) in [5, 5.41) is 0. The molecule has 0 aliphatic heterocycles. The van der Waals surface area contributed by atoms with Gasteiger partial charge >= 0.3 is 0 Å². The van der Waals surface area contributed by atoms with E-state index >= 15 is 0 Å². The van der Waals surface area contributed by atoms with Crippen LogP contribution >= 0.6 is 31.9 Å². The van der Waals surface area contributed by atoms with Gasteiger partial charge in [0.1, 0.15) is 5.75 Å². The van der Waals surface area contributed by atoms with Crippen LogP contribution in [-0.2, 0) is 0 Å². The van der Waals surface area contributed by atoms with Gasteiger partial charge in [0.05, 0.1) is 11.9 Å². The molecule has 0 fully saturated rings. The van der Waals surface area contributed by atoms with Crippen LogP contribution in [0.1, 0.15) is 27.1 Å². The lowest BCUT2D eigenvalue weighted by molar-refractivity contribution is 0.414. The molecule has 0 spiro atoms. The molecule has 19 heavy (non-hydrogen) atoms. The van der Waals surface area contributed by atoms with E-state index in [0.717, 1.165) is 10.2 Å². The van der Waals surface area contributed by atoms with Crippen molar-refractivity contribution < 1.29 is 4.74 Å². The van der Waals surface area contributed by atoms with Crippen molar-refractivity contribution in [3.63, 3.8) is 0 Å². The first-order valence-electron chi connectivity index (χ1n) is 6.07. The molecule has 0 radical (unpaired) electrons. The van der Waals surface area contributed by atoms with Gasteiger partial charge in [-0.15, -0.1) is 0 Å². The minimum absolute atomic E-state index is 0.199. The van der Waals surface area contributed by atoms with Gasteiger partial charge in [0.25, 0.3) is 0 Å². The highest BCUT2D eigenvalue weighted by molar-refractivity contribution is 9.10. The molecule has 1 nitrogen and oxygen atoms in total. The second-order valence-electron chi connectivity index (χ2n) is 4.59. The SMILES string of the molecule is COc1ccc(C(Br)c2cc(C)c(Br)cc2C)cc1. The van der Waals surface area contributed by atoms with Crippen molar-refractivity contribution in [1.82, 2.24) is 0 Å². The molecular weight excluding hydrogens is 368 g/mol. The Hall–Kier alpha value is -0.800. The number of rotatable bonds is 3. The van der Waals surface area contributed by atoms with E-state index in [-0.39, 0.29) is 4.83 Å². The Morgan fingerprint density at radius 1 is 1.00 bits per heavy atom. The van der Waals surface area contributed by atoms with Crippen LogP contribution in [0, 0.1) is 13.8 Å². The van der Waals surface area contributed by atoms with E-state index in [1.807, 2.05) is 12.1 Å². The average Bonchev–Trinajstić information content (AvgIpc) is 2.42. The number of hydrogen-bond donors (Lipinski definition) is 0. The van der Waals surface area contributed by atoms with Crippen LogP contribution in [0.25, 0.3) is 0 Å². The van der Waals surface area contributed by atoms with E-state index in [1.165, 1.54) is 22.3 Å². The van der Waals surface area contributed by atoms with Gasteiger partial charge in [0.15, 0.2) is 0 Å². The van der Waals surface area contributed by atoms with Crippen LogP contribution in [0.4, 0.5) is 0 Å². The molecule has 3 heteroatoms. The number of alkyl halides is 1. The highest BCUT2D eigenvalue weighted by Gasteiger charge is 2.14. The lowest BCUT2D eigenvalue weighted by Gasteiger charge is -2.16. The Balaban J connectivity index is 2.37. The number of hydrogen-bond acceptors (Lipinski definition) is 1. The zero-order chi connectivity index (χ0) is 14.0. The summed E-state index contributed by atoms with van der Waals surface area (Å²) in [7, 11) is 1.68. The fraction of sp³-hybridized carbons (Fsp3) is 0.250. The van der Waals surface area contributed by atoms with Crippen molar-refractivity contribution in [2.75, 3.05) is 7.11 Å². The molecule has 0 amide bonds. The zero-order valence-electron chi connectivity index (χ0n) is 11.2. The molecule has 0 aliphatic carbocycles. The maximum Gasteiger partial charge on any atom is 0.118 e. The summed E-state index contributed by atoms with van der Waals surface area (Å²) >= 11 is 7.37. The highest BCUT2D eigenvalue weighted by atomic mass is 79.9. The first-order valence-corrected chi connectivity index (χ1v) is 7.78. The molecule has 2 aromatic rings. The lowest BCUT2D eigenvalue weighted by Crippen LogP contribution is -1.97. The number of halogens is 2. The maximum atomic E-state index is 5.19. The van der Waals surface area contributed by atoms with Crippen LogP contribution in [0.5, 0.6) is 5.75 Å². The lowest BCUT2D eigenvalue weighted by atomic mass is 9.98. The molecule has 2 aromatic carbocycles. The van der Waals surface area contributed by atoms with Crippen LogP contribution in [0.3, 0.4) is 0 Å². The third-order valence-electron chi connectivity index (χ3n) is 3.23. The van der Waals surface area contributed by atoms with E-state index in [0.29, 0.717) is 0 Å². The van der Waals surface area contributed by atoms with Gasteiger partial charge in [-0.2, -0.15) is 0 Å². The van der Waals surface area contributed by atoms with Gasteiger partial charge in [0.2, 0.25) is 0 Å². The Labute approximate surface area is 131 Å². The van der Waals surface area contributed by atoms with E-state index < -0.39 is 0 Å². The third-order valence-corrected chi connectivity index (χ3v) is 5.11. The minimum atomic E-state index is 0.199. The standard InChI is InChI=1S/C16H16Br2O/c1-10-9-15(17)11(2)8-14(10)16(18)12-4-6-13(19-3)7-5-12/h4-9,16H,1-3H3. The number of ether oxygens (including phenoxy) is 1. The third kappa shape index (κ3) is 3.21. The van der Waals surface area contributed by atoms with Crippen molar-refractivity contribution in [3.05, 3.63) is 63.1 Å². The number of benzene rings is 2. The smallest absolute Gasteiger partial charge is 0.118 e. The molecule has 0 saturated carbocycles. The number of methoxy groups -OCH3 is 1. The molecule has 2 rings (SSSR count). The van der Waals surface area contributed by atoms with Crippen molar-refractivity contribution in [2.24, 2.45) is 0 Å². The molecule has 0 aliphatic rings. The van der Waals surface area contributed by atoms with E-state index in [9.17, 15) is 0 Å². The van der Waals surface area contributed by atoms with Crippen LogP contribution in [0.15, 0.2) is 40.9 Å². The summed E-state index contributed by atoms with van der Waals surface area (Å²) in [4.78, 5) is 0.199. The van der Waals surface area contributed by atoms with Crippen molar-refractivity contribution >= 4 is 31.9 Å². The highest BCUT2D eigenvalue weighted by Crippen LogP contribution is 2.35. The largest absolute Gasteiger partial charge is 0.497 e. The average molecular weight is 384 g/mol. The summed E-state index contributed by atoms with van der Waals surface area (Å²) in [6.07, 6.45) is 0. The Morgan fingerprint density at radius 2 is 1.63 bits per heavy atom. The predicted molar refractivity (Wildman–Crippen MR) is 87.4 cm³/mol. The summed E-state index contributed by atoms with van der Waals surface area (Å²) in [6, 6.07) is 12.6. The second kappa shape index (κ2) is 6.10. The van der Waals surface area contributed by atoms with Gasteiger partial charge in [0, 0.05) is 4.47 Å². The second-order valence-corrected chi connectivity index (χ2v) is 6.36. The molecule has 0 heterocycles. The Morgan fingerprint density at radius 3 is 2.21 bits per heavy atom. The normalized spacial score (nSPS) is 12.3. The van der Waals surface area contributed by atoms with E-state index in [4.69, 9.17) is 4.74 Å². The predicted octanol–water partition coefficient (Wildman–Crippen LogP) is 5.56. The monoisotopic (exact) mass is 382 g/mol. The van der Waals surface area contributed by atoms with Crippen molar-refractivity contribution in [2.45, 2.75) is 18.7 Å². The molecule has 100 valence electrons. The van der Waals surface area contributed by atoms with Crippen LogP contribution in [-0.4, -0.2) is 7.11 Å². The quantitative estimate of drug-likeness (QED) is 0.630. The van der Waals surface area contributed by atoms with Gasteiger partial charge in [-0.05, 0) is 54.3 Å². The fourth-order valence-electron chi connectivity index (χ4n) is 2.03. The van der Waals surface area contributed by atoms with Gasteiger partial charge in [-0.1, -0.05) is 50.1 Å². The van der Waals surface area contributed by atoms with Crippen molar-refractivity contribution in [1.29, 1.82) is 0 Å². The summed E-state index contributed by atoms with van der Waals surface area (Å²) in [5.74, 6) is 0.882. The Kier molecular flexibility index (Phi) is 4.69. The molecule has 0 saturated heterocycles. The van der Waals surface area contributed by atoms with E-state index in [2.05, 4.69) is 70.0 Å². The number of aryl methyl sites for hydroxylation is 2. The molecule has 1 atom stereocenters. The molecular formula is C16H16Br2O. The van der Waals surface area contributed by atoms with E-state index in [1.54, 1.807) is 7.11 Å². The van der Waals surface area contributed by atoms with Crippen LogP contribution < -0.4 is 4.74 Å². The summed E-state index contributed by atoms with van der Waals surface area (Å²) in [6.45, 7) is 4.25. The van der Waals surface area contributed by atoms with Gasteiger partial charge in [-0.3, -0.25) is 0 Å². The molecule has 0 bridgehead atoms. The summed E-state index contributed by atoms with van der Waals surface area (Å²) < 4.78 is 6.35. The first kappa shape index (κ1) is 14.6. The molecule has 0 N–H and O–H groups in total. The summed E-state index contributed by atoms with van der Waals surface area (Å²) in [5.41, 5.74) is 5.05. The zero-order valence-corrected chi connectivity index (χ0v) is 14.4. The molecule has 0 aromatic heterocycles. The first-order chi connectivity index (χ1) is 9.02. The maximum absolute atomic E-state index is 5.19. The minimum Gasteiger partial charge on any atom is -0.497 e. The van der Waals surface area contributed by atoms with Crippen molar-refractivity contribution in [3.8, 4) is 5.75 Å². The topological polar surface area (TPSA) is 9.23 Å². The fourth-order valence-corrected chi connectivity index (χ4v) is 3.29. The van der Waals surface area contributed by atoms with Crippen LogP contribution in [0.2, 0.25) is 0 Å².